The van der Waals surface area contributed by atoms with Gasteiger partial charge >= 0.3 is 11.8 Å². The van der Waals surface area contributed by atoms with E-state index in [1.807, 2.05) is 6.92 Å². The zero-order valence-corrected chi connectivity index (χ0v) is 12.3. The monoisotopic (exact) mass is 301 g/mol. The molecule has 0 saturated carbocycles. The first-order valence-electron chi connectivity index (χ1n) is 6.72. The molecule has 0 spiro atoms. The van der Waals surface area contributed by atoms with E-state index in [1.54, 1.807) is 31.6 Å². The molecule has 6 heteroatoms. The summed E-state index contributed by atoms with van der Waals surface area (Å²) in [6.45, 7) is 1.81. The SMILES string of the molecule is CC(c1ccncc1)N(C)C(=O)C(=O)Nc1cccc(F)c1. The van der Waals surface area contributed by atoms with Gasteiger partial charge in [-0.2, -0.15) is 0 Å². The second-order valence-electron chi connectivity index (χ2n) is 4.84. The maximum atomic E-state index is 13.1. The van der Waals surface area contributed by atoms with Gasteiger partial charge in [-0.15, -0.1) is 0 Å². The van der Waals surface area contributed by atoms with E-state index in [4.69, 9.17) is 0 Å². The fraction of sp³-hybridized carbons (Fsp3) is 0.188. The van der Waals surface area contributed by atoms with Gasteiger partial charge in [0.05, 0.1) is 6.04 Å². The summed E-state index contributed by atoms with van der Waals surface area (Å²) in [4.78, 5) is 29.4. The second kappa shape index (κ2) is 6.80. The smallest absolute Gasteiger partial charge is 0.313 e. The van der Waals surface area contributed by atoms with Crippen LogP contribution in [0.5, 0.6) is 0 Å². The Kier molecular flexibility index (Phi) is 4.83. The lowest BCUT2D eigenvalue weighted by Gasteiger charge is -2.24. The van der Waals surface area contributed by atoms with E-state index in [1.165, 1.54) is 23.1 Å². The number of anilines is 1. The summed E-state index contributed by atoms with van der Waals surface area (Å²) in [5.41, 5.74) is 1.10. The molecule has 0 bridgehead atoms. The van der Waals surface area contributed by atoms with Gasteiger partial charge in [-0.25, -0.2) is 4.39 Å². The standard InChI is InChI=1S/C16H16FN3O2/c1-11(12-6-8-18-9-7-12)20(2)16(22)15(21)19-14-5-3-4-13(17)10-14/h3-11H,1-2H3,(H,19,21). The Balaban J connectivity index is 2.05. The Morgan fingerprint density at radius 3 is 2.55 bits per heavy atom. The van der Waals surface area contributed by atoms with Gasteiger partial charge in [0.2, 0.25) is 0 Å². The third-order valence-corrected chi connectivity index (χ3v) is 3.37. The van der Waals surface area contributed by atoms with Gasteiger partial charge in [0.25, 0.3) is 0 Å². The number of carbonyl (C=O) groups excluding carboxylic acids is 2. The molecule has 2 amide bonds. The largest absolute Gasteiger partial charge is 0.331 e. The highest BCUT2D eigenvalue weighted by atomic mass is 19.1. The van der Waals surface area contributed by atoms with Crippen molar-refractivity contribution in [2.45, 2.75) is 13.0 Å². The number of benzene rings is 1. The van der Waals surface area contributed by atoms with Crippen LogP contribution in [-0.2, 0) is 9.59 Å². The molecular weight excluding hydrogens is 285 g/mol. The molecule has 2 rings (SSSR count). The molecule has 0 radical (unpaired) electrons. The summed E-state index contributed by atoms with van der Waals surface area (Å²) >= 11 is 0. The molecular formula is C16H16FN3O2. The number of hydrogen-bond acceptors (Lipinski definition) is 3. The molecule has 1 atom stereocenters. The van der Waals surface area contributed by atoms with Gasteiger partial charge < -0.3 is 10.2 Å². The van der Waals surface area contributed by atoms with E-state index in [0.29, 0.717) is 0 Å². The van der Waals surface area contributed by atoms with Gasteiger partial charge in [0, 0.05) is 25.1 Å². The van der Waals surface area contributed by atoms with Gasteiger partial charge in [-0.3, -0.25) is 14.6 Å². The van der Waals surface area contributed by atoms with Crippen LogP contribution in [0, 0.1) is 5.82 Å². The Bertz CT molecular complexity index is 676. The molecule has 1 unspecified atom stereocenters. The first-order valence-corrected chi connectivity index (χ1v) is 6.72. The summed E-state index contributed by atoms with van der Waals surface area (Å²) in [6, 6.07) is 8.65. The molecule has 114 valence electrons. The lowest BCUT2D eigenvalue weighted by atomic mass is 10.1. The number of nitrogens with zero attached hydrogens (tertiary/aromatic N) is 2. The summed E-state index contributed by atoms with van der Waals surface area (Å²) in [7, 11) is 1.54. The Morgan fingerprint density at radius 1 is 1.23 bits per heavy atom. The predicted octanol–water partition coefficient (Wildman–Crippen LogP) is 2.38. The Hall–Kier alpha value is -2.76. The van der Waals surface area contributed by atoms with Crippen LogP contribution in [0.3, 0.4) is 0 Å². The van der Waals surface area contributed by atoms with E-state index in [-0.39, 0.29) is 11.7 Å². The quantitative estimate of drug-likeness (QED) is 0.885. The van der Waals surface area contributed by atoms with E-state index in [0.717, 1.165) is 11.6 Å². The van der Waals surface area contributed by atoms with Crippen molar-refractivity contribution in [3.8, 4) is 0 Å². The fourth-order valence-corrected chi connectivity index (χ4v) is 1.95. The number of hydrogen-bond donors (Lipinski definition) is 1. The van der Waals surface area contributed by atoms with E-state index in [2.05, 4.69) is 10.3 Å². The average Bonchev–Trinajstić information content (AvgIpc) is 2.53. The lowest BCUT2D eigenvalue weighted by molar-refractivity contribution is -0.143. The predicted molar refractivity (Wildman–Crippen MR) is 80.5 cm³/mol. The topological polar surface area (TPSA) is 62.3 Å². The third kappa shape index (κ3) is 3.66. The van der Waals surface area contributed by atoms with Crippen LogP contribution < -0.4 is 5.32 Å². The molecule has 22 heavy (non-hydrogen) atoms. The maximum Gasteiger partial charge on any atom is 0.313 e. The van der Waals surface area contributed by atoms with Crippen molar-refractivity contribution in [1.29, 1.82) is 0 Å². The summed E-state index contributed by atoms with van der Waals surface area (Å²) in [5.74, 6) is -1.99. The Morgan fingerprint density at radius 2 is 1.91 bits per heavy atom. The minimum absolute atomic E-state index is 0.239. The van der Waals surface area contributed by atoms with E-state index >= 15 is 0 Å². The summed E-state index contributed by atoms with van der Waals surface area (Å²) in [5, 5.41) is 2.39. The van der Waals surface area contributed by atoms with Crippen LogP contribution in [0.25, 0.3) is 0 Å². The van der Waals surface area contributed by atoms with Crippen molar-refractivity contribution >= 4 is 17.5 Å². The normalized spacial score (nSPS) is 11.6. The third-order valence-electron chi connectivity index (χ3n) is 3.37. The second-order valence-corrected chi connectivity index (χ2v) is 4.84. The highest BCUT2D eigenvalue weighted by Gasteiger charge is 2.23. The van der Waals surface area contributed by atoms with Gasteiger partial charge in [0.15, 0.2) is 0 Å². The molecule has 0 aliphatic heterocycles. The molecule has 1 heterocycles. The molecule has 5 nitrogen and oxygen atoms in total. The molecule has 0 aliphatic rings. The number of rotatable bonds is 3. The zero-order chi connectivity index (χ0) is 16.1. The van der Waals surface area contributed by atoms with Gasteiger partial charge in [-0.1, -0.05) is 6.07 Å². The lowest BCUT2D eigenvalue weighted by Crippen LogP contribution is -2.38. The Labute approximate surface area is 127 Å². The number of halogens is 1. The minimum atomic E-state index is -0.811. The average molecular weight is 301 g/mol. The van der Waals surface area contributed by atoms with Crippen LogP contribution >= 0.6 is 0 Å². The van der Waals surface area contributed by atoms with Crippen LogP contribution in [-0.4, -0.2) is 28.7 Å². The number of likely N-dealkylation sites (N-methyl/N-ethyl adjacent to an activating group) is 1. The highest BCUT2D eigenvalue weighted by molar-refractivity contribution is 6.39. The molecule has 1 N–H and O–H groups in total. The van der Waals surface area contributed by atoms with Crippen molar-refractivity contribution in [2.24, 2.45) is 0 Å². The molecule has 0 aliphatic carbocycles. The molecule has 1 aromatic carbocycles. The van der Waals surface area contributed by atoms with E-state index in [9.17, 15) is 14.0 Å². The number of pyridine rings is 1. The highest BCUT2D eigenvalue weighted by Crippen LogP contribution is 2.18. The fourth-order valence-electron chi connectivity index (χ4n) is 1.95. The molecule has 0 saturated heterocycles. The van der Waals surface area contributed by atoms with Gasteiger partial charge in [-0.05, 0) is 42.8 Å². The van der Waals surface area contributed by atoms with E-state index < -0.39 is 17.6 Å². The number of aromatic nitrogens is 1. The van der Waals surface area contributed by atoms with Crippen molar-refractivity contribution in [2.75, 3.05) is 12.4 Å². The van der Waals surface area contributed by atoms with Crippen molar-refractivity contribution < 1.29 is 14.0 Å². The minimum Gasteiger partial charge on any atom is -0.331 e. The van der Waals surface area contributed by atoms with Crippen molar-refractivity contribution in [3.05, 3.63) is 60.2 Å². The first kappa shape index (κ1) is 15.6. The molecule has 0 fully saturated rings. The summed E-state index contributed by atoms with van der Waals surface area (Å²) < 4.78 is 13.1. The molecule has 2 aromatic rings. The van der Waals surface area contributed by atoms with Crippen molar-refractivity contribution in [1.82, 2.24) is 9.88 Å². The first-order chi connectivity index (χ1) is 10.5. The number of carbonyl (C=O) groups is 2. The van der Waals surface area contributed by atoms with Crippen molar-refractivity contribution in [3.63, 3.8) is 0 Å². The van der Waals surface area contributed by atoms with Crippen LogP contribution in [0.2, 0.25) is 0 Å². The zero-order valence-electron chi connectivity index (χ0n) is 12.3. The van der Waals surface area contributed by atoms with Crippen LogP contribution in [0.15, 0.2) is 48.8 Å². The number of nitrogens with one attached hydrogen (secondary N) is 1. The summed E-state index contributed by atoms with van der Waals surface area (Å²) in [6.07, 6.45) is 3.24. The van der Waals surface area contributed by atoms with Crippen LogP contribution in [0.1, 0.15) is 18.5 Å². The number of amides is 2. The molecule has 1 aromatic heterocycles. The maximum absolute atomic E-state index is 13.1. The van der Waals surface area contributed by atoms with Crippen LogP contribution in [0.4, 0.5) is 10.1 Å². The van der Waals surface area contributed by atoms with Gasteiger partial charge in [0.1, 0.15) is 5.82 Å².